The predicted molar refractivity (Wildman–Crippen MR) is 83.9 cm³/mol. The van der Waals surface area contributed by atoms with Crippen molar-refractivity contribution < 1.29 is 9.90 Å². The monoisotopic (exact) mass is 326 g/mol. The fourth-order valence-corrected chi connectivity index (χ4v) is 3.05. The fourth-order valence-electron chi connectivity index (χ4n) is 2.03. The van der Waals surface area contributed by atoms with E-state index in [1.807, 2.05) is 6.07 Å². The van der Waals surface area contributed by atoms with Gasteiger partial charge in [0.15, 0.2) is 0 Å². The molecule has 7 heteroatoms. The van der Waals surface area contributed by atoms with Crippen molar-refractivity contribution in [1.82, 2.24) is 4.68 Å². The van der Waals surface area contributed by atoms with E-state index in [4.69, 9.17) is 16.7 Å². The molecule has 0 radical (unpaired) electrons. The van der Waals surface area contributed by atoms with Crippen LogP contribution in [0.2, 0.25) is 4.34 Å². The summed E-state index contributed by atoms with van der Waals surface area (Å²) in [5.74, 6) is -1.86. The van der Waals surface area contributed by atoms with Crippen LogP contribution in [0.1, 0.15) is 28.8 Å². The van der Waals surface area contributed by atoms with E-state index in [0.29, 0.717) is 22.0 Å². The van der Waals surface area contributed by atoms with Crippen LogP contribution in [-0.4, -0.2) is 15.8 Å². The third kappa shape index (κ3) is 3.46. The Labute approximate surface area is 130 Å². The predicted octanol–water partition coefficient (Wildman–Crippen LogP) is 2.80. The van der Waals surface area contributed by atoms with Gasteiger partial charge in [0, 0.05) is 16.6 Å². The van der Waals surface area contributed by atoms with E-state index in [-0.39, 0.29) is 5.56 Å². The zero-order chi connectivity index (χ0) is 15.6. The molecule has 1 unspecified atom stereocenters. The van der Waals surface area contributed by atoms with Crippen LogP contribution in [-0.2, 0) is 11.3 Å². The smallest absolute Gasteiger partial charge is 0.310 e. The van der Waals surface area contributed by atoms with Gasteiger partial charge in [-0.25, -0.2) is 4.68 Å². The molecule has 0 aromatic carbocycles. The number of carboxylic acid groups (broad SMARTS) is 1. The molecule has 0 aliphatic carbocycles. The van der Waals surface area contributed by atoms with E-state index < -0.39 is 11.9 Å². The number of aryl methyl sites for hydroxylation is 1. The molecule has 0 spiro atoms. The maximum Gasteiger partial charge on any atom is 0.310 e. The van der Waals surface area contributed by atoms with Crippen molar-refractivity contribution in [2.45, 2.75) is 26.3 Å². The lowest BCUT2D eigenvalue weighted by Gasteiger charge is -2.14. The SMILES string of the molecule is Cc1ccn(NCc2ccc(Cl)s2)c(=O)c1C(C)C(=O)O. The molecule has 2 heterocycles. The number of hydrogen-bond acceptors (Lipinski definition) is 4. The number of nitrogens with one attached hydrogen (secondary N) is 1. The fraction of sp³-hybridized carbons (Fsp3) is 0.286. The van der Waals surface area contributed by atoms with Gasteiger partial charge in [-0.3, -0.25) is 9.59 Å². The van der Waals surface area contributed by atoms with E-state index in [1.165, 1.54) is 22.9 Å². The van der Waals surface area contributed by atoms with Crippen molar-refractivity contribution >= 4 is 28.9 Å². The summed E-state index contributed by atoms with van der Waals surface area (Å²) >= 11 is 7.28. The number of halogens is 1. The molecule has 2 N–H and O–H groups in total. The standard InChI is InChI=1S/C14H15ClN2O3S/c1-8-5-6-17(13(18)12(8)9(2)14(19)20)16-7-10-3-4-11(15)21-10/h3-6,9,16H,7H2,1-2H3,(H,19,20). The Bertz CT molecular complexity index is 723. The summed E-state index contributed by atoms with van der Waals surface area (Å²) in [7, 11) is 0. The van der Waals surface area contributed by atoms with E-state index in [0.717, 1.165) is 4.88 Å². The van der Waals surface area contributed by atoms with Crippen molar-refractivity contribution in [3.8, 4) is 0 Å². The first kappa shape index (κ1) is 15.6. The molecular weight excluding hydrogens is 312 g/mol. The maximum absolute atomic E-state index is 12.4. The van der Waals surface area contributed by atoms with Crippen LogP contribution < -0.4 is 11.0 Å². The van der Waals surface area contributed by atoms with Gasteiger partial charge in [0.05, 0.1) is 16.8 Å². The molecule has 0 aliphatic heterocycles. The van der Waals surface area contributed by atoms with Gasteiger partial charge >= 0.3 is 5.97 Å². The summed E-state index contributed by atoms with van der Waals surface area (Å²) in [6, 6.07) is 5.39. The van der Waals surface area contributed by atoms with Gasteiger partial charge in [-0.05, 0) is 37.6 Å². The van der Waals surface area contributed by atoms with Crippen LogP contribution in [0.4, 0.5) is 0 Å². The van der Waals surface area contributed by atoms with E-state index >= 15 is 0 Å². The molecule has 0 saturated carbocycles. The van der Waals surface area contributed by atoms with Crippen molar-refractivity contribution in [1.29, 1.82) is 0 Å². The highest BCUT2D eigenvalue weighted by molar-refractivity contribution is 7.16. The molecule has 2 rings (SSSR count). The Morgan fingerprint density at radius 2 is 2.19 bits per heavy atom. The Morgan fingerprint density at radius 1 is 1.48 bits per heavy atom. The Kier molecular flexibility index (Phi) is 4.69. The van der Waals surface area contributed by atoms with E-state index in [1.54, 1.807) is 25.3 Å². The molecular formula is C14H15ClN2O3S. The topological polar surface area (TPSA) is 71.3 Å². The van der Waals surface area contributed by atoms with Gasteiger partial charge in [-0.15, -0.1) is 11.3 Å². The van der Waals surface area contributed by atoms with Crippen molar-refractivity contribution in [2.75, 3.05) is 5.43 Å². The minimum Gasteiger partial charge on any atom is -0.481 e. The average molecular weight is 327 g/mol. The second-order valence-corrected chi connectivity index (χ2v) is 6.49. The van der Waals surface area contributed by atoms with Crippen LogP contribution in [0, 0.1) is 6.92 Å². The number of rotatable bonds is 5. The summed E-state index contributed by atoms with van der Waals surface area (Å²) < 4.78 is 2.00. The molecule has 0 saturated heterocycles. The quantitative estimate of drug-likeness (QED) is 0.886. The molecule has 1 atom stereocenters. The summed E-state index contributed by atoms with van der Waals surface area (Å²) in [5.41, 5.74) is 3.59. The van der Waals surface area contributed by atoms with E-state index in [2.05, 4.69) is 5.43 Å². The maximum atomic E-state index is 12.4. The first-order valence-electron chi connectivity index (χ1n) is 6.33. The zero-order valence-electron chi connectivity index (χ0n) is 11.6. The van der Waals surface area contributed by atoms with Gasteiger partial charge in [-0.1, -0.05) is 11.6 Å². The molecule has 21 heavy (non-hydrogen) atoms. The molecule has 2 aromatic heterocycles. The third-order valence-corrected chi connectivity index (χ3v) is 4.43. The molecule has 0 amide bonds. The Hall–Kier alpha value is -1.79. The highest BCUT2D eigenvalue weighted by Gasteiger charge is 2.20. The van der Waals surface area contributed by atoms with Crippen LogP contribution in [0.3, 0.4) is 0 Å². The second kappa shape index (κ2) is 6.32. The summed E-state index contributed by atoms with van der Waals surface area (Å²) in [6.45, 7) is 3.69. The summed E-state index contributed by atoms with van der Waals surface area (Å²) in [5, 5.41) is 9.10. The first-order chi connectivity index (χ1) is 9.90. The van der Waals surface area contributed by atoms with Gasteiger partial charge in [0.25, 0.3) is 5.56 Å². The van der Waals surface area contributed by atoms with Crippen molar-refractivity contribution in [2.24, 2.45) is 0 Å². The molecule has 0 fully saturated rings. The molecule has 0 aliphatic rings. The van der Waals surface area contributed by atoms with Crippen molar-refractivity contribution in [3.63, 3.8) is 0 Å². The third-order valence-electron chi connectivity index (χ3n) is 3.20. The number of hydrogen-bond donors (Lipinski definition) is 2. The van der Waals surface area contributed by atoms with Crippen LogP contribution in [0.15, 0.2) is 29.2 Å². The number of thiophene rings is 1. The van der Waals surface area contributed by atoms with Crippen LogP contribution >= 0.6 is 22.9 Å². The summed E-state index contributed by atoms with van der Waals surface area (Å²) in [4.78, 5) is 24.5. The normalized spacial score (nSPS) is 12.1. The zero-order valence-corrected chi connectivity index (χ0v) is 13.2. The second-order valence-electron chi connectivity index (χ2n) is 4.69. The van der Waals surface area contributed by atoms with Gasteiger partial charge in [-0.2, -0.15) is 0 Å². The minimum absolute atomic E-state index is 0.293. The number of carboxylic acids is 1. The highest BCUT2D eigenvalue weighted by Crippen LogP contribution is 2.21. The molecule has 2 aromatic rings. The lowest BCUT2D eigenvalue weighted by molar-refractivity contribution is -0.138. The Morgan fingerprint density at radius 3 is 2.76 bits per heavy atom. The van der Waals surface area contributed by atoms with Crippen LogP contribution in [0.5, 0.6) is 0 Å². The van der Waals surface area contributed by atoms with Gasteiger partial charge < -0.3 is 10.5 Å². The largest absolute Gasteiger partial charge is 0.481 e. The molecule has 5 nitrogen and oxygen atoms in total. The highest BCUT2D eigenvalue weighted by atomic mass is 35.5. The van der Waals surface area contributed by atoms with Crippen molar-refractivity contribution in [3.05, 3.63) is 55.1 Å². The van der Waals surface area contributed by atoms with Gasteiger partial charge in [0.1, 0.15) is 0 Å². The van der Waals surface area contributed by atoms with Crippen LogP contribution in [0.25, 0.3) is 0 Å². The first-order valence-corrected chi connectivity index (χ1v) is 7.52. The number of aliphatic carboxylic acids is 1. The summed E-state index contributed by atoms with van der Waals surface area (Å²) in [6.07, 6.45) is 1.60. The number of pyridine rings is 1. The Balaban J connectivity index is 2.27. The average Bonchev–Trinajstić information content (AvgIpc) is 2.83. The lowest BCUT2D eigenvalue weighted by Crippen LogP contribution is -2.33. The van der Waals surface area contributed by atoms with Gasteiger partial charge in [0.2, 0.25) is 0 Å². The molecule has 112 valence electrons. The lowest BCUT2D eigenvalue weighted by atomic mass is 9.99. The number of carbonyl (C=O) groups is 1. The number of aromatic nitrogens is 1. The molecule has 0 bridgehead atoms. The number of nitrogens with zero attached hydrogens (tertiary/aromatic N) is 1. The van der Waals surface area contributed by atoms with E-state index in [9.17, 15) is 9.59 Å². The minimum atomic E-state index is -1.02.